The summed E-state index contributed by atoms with van der Waals surface area (Å²) in [5.74, 6) is 0.121. The Bertz CT molecular complexity index is 497. The molecule has 1 unspecified atom stereocenters. The van der Waals surface area contributed by atoms with Gasteiger partial charge in [0.25, 0.3) is 0 Å². The number of hydrogen-bond acceptors (Lipinski definition) is 6. The summed E-state index contributed by atoms with van der Waals surface area (Å²) in [5.41, 5.74) is 0.868. The highest BCUT2D eigenvalue weighted by molar-refractivity contribution is 7.17. The monoisotopic (exact) mass is 295 g/mol. The number of aryl methyl sites for hydroxylation is 1. The van der Waals surface area contributed by atoms with Crippen LogP contribution in [0.5, 0.6) is 0 Å². The maximum absolute atomic E-state index is 11.5. The number of ether oxygens (including phenoxy) is 1. The van der Waals surface area contributed by atoms with Crippen molar-refractivity contribution in [1.29, 1.82) is 0 Å². The fourth-order valence-corrected chi connectivity index (χ4v) is 4.00. The van der Waals surface area contributed by atoms with Crippen LogP contribution in [-0.4, -0.2) is 61.1 Å². The molecule has 3 rings (SSSR count). The van der Waals surface area contributed by atoms with Crippen LogP contribution in [0.25, 0.3) is 0 Å². The van der Waals surface area contributed by atoms with E-state index in [-0.39, 0.29) is 5.78 Å². The third kappa shape index (κ3) is 2.73. The summed E-state index contributed by atoms with van der Waals surface area (Å²) in [4.78, 5) is 21.8. The van der Waals surface area contributed by atoms with Crippen molar-refractivity contribution >= 4 is 22.3 Å². The molecule has 1 atom stereocenters. The van der Waals surface area contributed by atoms with Crippen LogP contribution in [-0.2, 0) is 4.74 Å². The minimum absolute atomic E-state index is 0.121. The number of morpholine rings is 1. The molecule has 2 aliphatic heterocycles. The highest BCUT2D eigenvalue weighted by Crippen LogP contribution is 2.30. The van der Waals surface area contributed by atoms with Crippen LogP contribution in [0.15, 0.2) is 0 Å². The lowest BCUT2D eigenvalue weighted by Gasteiger charge is -2.32. The zero-order chi connectivity index (χ0) is 14.1. The van der Waals surface area contributed by atoms with E-state index in [1.807, 2.05) is 6.92 Å². The van der Waals surface area contributed by atoms with E-state index in [4.69, 9.17) is 4.74 Å². The highest BCUT2D eigenvalue weighted by Gasteiger charge is 2.30. The van der Waals surface area contributed by atoms with Crippen LogP contribution in [0.3, 0.4) is 0 Å². The average Bonchev–Trinajstić information content (AvgIpc) is 3.06. The van der Waals surface area contributed by atoms with E-state index in [0.717, 1.165) is 55.1 Å². The molecule has 0 aromatic carbocycles. The Hall–Kier alpha value is -0.980. The number of Topliss-reactive ketones (excluding diaryl/α,β-unsaturated/α-hetero) is 1. The normalized spacial score (nSPS) is 24.3. The van der Waals surface area contributed by atoms with Gasteiger partial charge in [-0.1, -0.05) is 11.3 Å². The van der Waals surface area contributed by atoms with Crippen molar-refractivity contribution in [1.82, 2.24) is 9.88 Å². The van der Waals surface area contributed by atoms with Gasteiger partial charge in [0.05, 0.1) is 23.8 Å². The van der Waals surface area contributed by atoms with E-state index in [9.17, 15) is 4.79 Å². The number of nitrogens with zero attached hydrogens (tertiary/aromatic N) is 3. The molecule has 2 saturated heterocycles. The third-order valence-corrected chi connectivity index (χ3v) is 5.42. The van der Waals surface area contributed by atoms with Gasteiger partial charge in [-0.25, -0.2) is 4.98 Å². The Kier molecular flexibility index (Phi) is 4.05. The molecule has 20 heavy (non-hydrogen) atoms. The second-order valence-electron chi connectivity index (χ2n) is 5.50. The molecule has 0 radical (unpaired) electrons. The number of hydrogen-bond donors (Lipinski definition) is 0. The summed E-state index contributed by atoms with van der Waals surface area (Å²) in [6.07, 6.45) is 1.17. The Labute approximate surface area is 123 Å². The van der Waals surface area contributed by atoms with Crippen molar-refractivity contribution in [2.45, 2.75) is 26.3 Å². The Balaban J connectivity index is 1.67. The molecule has 0 spiro atoms. The molecule has 0 saturated carbocycles. The lowest BCUT2D eigenvalue weighted by atomic mass is 10.2. The summed E-state index contributed by atoms with van der Waals surface area (Å²) < 4.78 is 5.41. The summed E-state index contributed by atoms with van der Waals surface area (Å²) in [7, 11) is 0. The smallest absolute Gasteiger partial charge is 0.186 e. The van der Waals surface area contributed by atoms with Crippen molar-refractivity contribution in [3.63, 3.8) is 0 Å². The molecule has 5 nitrogen and oxygen atoms in total. The summed E-state index contributed by atoms with van der Waals surface area (Å²) >= 11 is 1.54. The first kappa shape index (κ1) is 14.0. The van der Waals surface area contributed by atoms with E-state index >= 15 is 0 Å². The predicted octanol–water partition coefficient (Wildman–Crippen LogP) is 1.57. The van der Waals surface area contributed by atoms with Gasteiger partial charge in [0.1, 0.15) is 0 Å². The number of ketones is 1. The van der Waals surface area contributed by atoms with Crippen molar-refractivity contribution in [2.75, 3.05) is 44.3 Å². The number of rotatable bonds is 3. The van der Waals surface area contributed by atoms with Crippen LogP contribution in [0.2, 0.25) is 0 Å². The molecule has 3 heterocycles. The van der Waals surface area contributed by atoms with Gasteiger partial charge >= 0.3 is 0 Å². The number of carbonyl (C=O) groups excluding carboxylic acids is 1. The largest absolute Gasteiger partial charge is 0.379 e. The molecule has 0 aliphatic carbocycles. The Morgan fingerprint density at radius 2 is 2.10 bits per heavy atom. The highest BCUT2D eigenvalue weighted by atomic mass is 32.1. The van der Waals surface area contributed by atoms with Crippen molar-refractivity contribution in [2.24, 2.45) is 0 Å². The molecular formula is C14H21N3O2S. The van der Waals surface area contributed by atoms with Crippen LogP contribution in [0.4, 0.5) is 5.13 Å². The van der Waals surface area contributed by atoms with E-state index in [1.54, 1.807) is 6.92 Å². The van der Waals surface area contributed by atoms with Crippen LogP contribution < -0.4 is 4.90 Å². The minimum Gasteiger partial charge on any atom is -0.379 e. The maximum atomic E-state index is 11.5. The van der Waals surface area contributed by atoms with Crippen molar-refractivity contribution in [3.05, 3.63) is 10.6 Å². The Morgan fingerprint density at radius 3 is 2.75 bits per heavy atom. The lowest BCUT2D eigenvalue weighted by molar-refractivity contribution is 0.0209. The van der Waals surface area contributed by atoms with Gasteiger partial charge in [0.15, 0.2) is 10.9 Å². The molecule has 6 heteroatoms. The molecule has 0 bridgehead atoms. The van der Waals surface area contributed by atoms with Crippen LogP contribution in [0.1, 0.15) is 28.7 Å². The van der Waals surface area contributed by atoms with Gasteiger partial charge in [-0.2, -0.15) is 0 Å². The van der Waals surface area contributed by atoms with E-state index in [2.05, 4.69) is 14.8 Å². The molecule has 2 fully saturated rings. The second kappa shape index (κ2) is 5.79. The molecule has 1 aromatic heterocycles. The fraction of sp³-hybridized carbons (Fsp3) is 0.714. The van der Waals surface area contributed by atoms with E-state index in [0.29, 0.717) is 6.04 Å². The third-order valence-electron chi connectivity index (χ3n) is 4.10. The summed E-state index contributed by atoms with van der Waals surface area (Å²) in [6.45, 7) is 9.36. The van der Waals surface area contributed by atoms with Gasteiger partial charge in [-0.05, 0) is 13.3 Å². The second-order valence-corrected chi connectivity index (χ2v) is 6.48. The van der Waals surface area contributed by atoms with Gasteiger partial charge < -0.3 is 9.64 Å². The number of thiazole rings is 1. The molecule has 0 N–H and O–H groups in total. The number of aromatic nitrogens is 1. The minimum atomic E-state index is 0.121. The predicted molar refractivity (Wildman–Crippen MR) is 79.9 cm³/mol. The van der Waals surface area contributed by atoms with Crippen molar-refractivity contribution in [3.8, 4) is 0 Å². The topological polar surface area (TPSA) is 45.7 Å². The van der Waals surface area contributed by atoms with Gasteiger partial charge in [0.2, 0.25) is 0 Å². The van der Waals surface area contributed by atoms with Gasteiger partial charge in [0, 0.05) is 39.1 Å². The number of carbonyl (C=O) groups is 1. The van der Waals surface area contributed by atoms with Gasteiger partial charge in [-0.15, -0.1) is 0 Å². The van der Waals surface area contributed by atoms with E-state index < -0.39 is 0 Å². The molecule has 0 amide bonds. The maximum Gasteiger partial charge on any atom is 0.186 e. The van der Waals surface area contributed by atoms with Crippen LogP contribution >= 0.6 is 11.3 Å². The average molecular weight is 295 g/mol. The quantitative estimate of drug-likeness (QED) is 0.792. The lowest BCUT2D eigenvalue weighted by Crippen LogP contribution is -2.44. The molecule has 2 aliphatic rings. The molecular weight excluding hydrogens is 274 g/mol. The first-order chi connectivity index (χ1) is 9.65. The first-order valence-electron chi connectivity index (χ1n) is 7.20. The van der Waals surface area contributed by atoms with Gasteiger partial charge in [-0.3, -0.25) is 9.69 Å². The van der Waals surface area contributed by atoms with Crippen LogP contribution in [0, 0.1) is 6.92 Å². The summed E-state index contributed by atoms with van der Waals surface area (Å²) in [6, 6.07) is 0.601. The molecule has 110 valence electrons. The zero-order valence-electron chi connectivity index (χ0n) is 12.1. The number of anilines is 1. The summed E-state index contributed by atoms with van der Waals surface area (Å²) in [5, 5.41) is 1.00. The standard InChI is InChI=1S/C14H21N3O2S/c1-10-13(11(2)18)20-14(15-10)17-4-3-12(9-17)16-5-7-19-8-6-16/h12H,3-9H2,1-2H3. The zero-order valence-corrected chi connectivity index (χ0v) is 12.9. The SMILES string of the molecule is CC(=O)c1sc(N2CCC(N3CCOCC3)C2)nc1C. The van der Waals surface area contributed by atoms with E-state index in [1.165, 1.54) is 17.8 Å². The Morgan fingerprint density at radius 1 is 1.35 bits per heavy atom. The molecule has 1 aromatic rings. The first-order valence-corrected chi connectivity index (χ1v) is 8.02. The fourth-order valence-electron chi connectivity index (χ4n) is 3.00. The van der Waals surface area contributed by atoms with Crippen molar-refractivity contribution < 1.29 is 9.53 Å².